The highest BCUT2D eigenvalue weighted by Gasteiger charge is 2.05. The van der Waals surface area contributed by atoms with Crippen molar-refractivity contribution in [2.45, 2.75) is 16.2 Å². The van der Waals surface area contributed by atoms with E-state index in [2.05, 4.69) is 10.2 Å². The summed E-state index contributed by atoms with van der Waals surface area (Å²) in [5, 5.41) is 10.8. The minimum atomic E-state index is 0.744. The Bertz CT molecular complexity index is 449. The SMILES string of the molecule is Cc1nnc(Sc2csc(C=O)c2)s1. The zero-order chi connectivity index (χ0) is 9.97. The molecule has 0 aromatic carbocycles. The molecule has 0 aliphatic heterocycles. The smallest absolute Gasteiger partial charge is 0.179 e. The highest BCUT2D eigenvalue weighted by atomic mass is 32.2. The molecule has 3 nitrogen and oxygen atoms in total. The van der Waals surface area contributed by atoms with Gasteiger partial charge in [0.25, 0.3) is 0 Å². The zero-order valence-corrected chi connectivity index (χ0v) is 9.71. The fraction of sp³-hybridized carbons (Fsp3) is 0.125. The minimum Gasteiger partial charge on any atom is -0.297 e. The third-order valence-electron chi connectivity index (χ3n) is 1.42. The second kappa shape index (κ2) is 4.20. The van der Waals surface area contributed by atoms with Gasteiger partial charge in [-0.2, -0.15) is 0 Å². The molecule has 6 heteroatoms. The first-order chi connectivity index (χ1) is 6.78. The summed E-state index contributed by atoms with van der Waals surface area (Å²) in [7, 11) is 0. The Morgan fingerprint density at radius 1 is 1.50 bits per heavy atom. The van der Waals surface area contributed by atoms with Crippen LogP contribution in [-0.4, -0.2) is 16.5 Å². The summed E-state index contributed by atoms with van der Waals surface area (Å²) in [5.41, 5.74) is 0. The van der Waals surface area contributed by atoms with E-state index in [1.165, 1.54) is 11.3 Å². The topological polar surface area (TPSA) is 42.9 Å². The zero-order valence-electron chi connectivity index (χ0n) is 7.26. The normalized spacial score (nSPS) is 10.4. The molecular weight excluding hydrogens is 236 g/mol. The van der Waals surface area contributed by atoms with E-state index in [0.29, 0.717) is 0 Å². The van der Waals surface area contributed by atoms with Crippen LogP contribution >= 0.6 is 34.4 Å². The summed E-state index contributed by atoms with van der Waals surface area (Å²) in [5.74, 6) is 0. The van der Waals surface area contributed by atoms with Crippen LogP contribution in [0.15, 0.2) is 20.7 Å². The van der Waals surface area contributed by atoms with Crippen molar-refractivity contribution in [3.8, 4) is 0 Å². The number of thiophene rings is 1. The van der Waals surface area contributed by atoms with E-state index >= 15 is 0 Å². The molecule has 0 aliphatic rings. The van der Waals surface area contributed by atoms with Gasteiger partial charge in [-0.05, 0) is 13.0 Å². The van der Waals surface area contributed by atoms with Crippen LogP contribution in [-0.2, 0) is 0 Å². The number of rotatable bonds is 3. The molecule has 0 amide bonds. The van der Waals surface area contributed by atoms with E-state index in [0.717, 1.165) is 25.4 Å². The van der Waals surface area contributed by atoms with Gasteiger partial charge in [0.2, 0.25) is 0 Å². The molecule has 0 saturated heterocycles. The van der Waals surface area contributed by atoms with Crippen LogP contribution in [0.3, 0.4) is 0 Å². The number of aldehydes is 1. The summed E-state index contributed by atoms with van der Waals surface area (Å²) in [6.07, 6.45) is 0.861. The molecule has 0 radical (unpaired) electrons. The Morgan fingerprint density at radius 3 is 2.93 bits per heavy atom. The molecule has 0 aliphatic carbocycles. The minimum absolute atomic E-state index is 0.744. The van der Waals surface area contributed by atoms with Crippen molar-refractivity contribution in [3.63, 3.8) is 0 Å². The third-order valence-corrected chi connectivity index (χ3v) is 4.29. The lowest BCUT2D eigenvalue weighted by molar-refractivity contribution is 0.112. The van der Waals surface area contributed by atoms with Gasteiger partial charge in [0.1, 0.15) is 5.01 Å². The van der Waals surface area contributed by atoms with Gasteiger partial charge >= 0.3 is 0 Å². The predicted octanol–water partition coefficient (Wildman–Crippen LogP) is 2.87. The van der Waals surface area contributed by atoms with E-state index < -0.39 is 0 Å². The van der Waals surface area contributed by atoms with E-state index in [9.17, 15) is 4.79 Å². The maximum atomic E-state index is 10.5. The molecule has 2 rings (SSSR count). The van der Waals surface area contributed by atoms with Crippen molar-refractivity contribution in [3.05, 3.63) is 21.3 Å². The molecule has 0 N–H and O–H groups in total. The first kappa shape index (κ1) is 9.82. The van der Waals surface area contributed by atoms with E-state index in [1.54, 1.807) is 23.1 Å². The van der Waals surface area contributed by atoms with E-state index in [4.69, 9.17) is 0 Å². The molecule has 0 fully saturated rings. The predicted molar refractivity (Wildman–Crippen MR) is 58.5 cm³/mol. The van der Waals surface area contributed by atoms with E-state index in [1.807, 2.05) is 18.4 Å². The van der Waals surface area contributed by atoms with E-state index in [-0.39, 0.29) is 0 Å². The molecule has 2 aromatic rings. The second-order valence-electron chi connectivity index (χ2n) is 2.49. The molecule has 72 valence electrons. The lowest BCUT2D eigenvalue weighted by Gasteiger charge is -1.87. The first-order valence-electron chi connectivity index (χ1n) is 3.79. The number of carbonyl (C=O) groups is 1. The van der Waals surface area contributed by atoms with Gasteiger partial charge in [-0.1, -0.05) is 23.1 Å². The summed E-state index contributed by atoms with van der Waals surface area (Å²) in [6, 6.07) is 1.86. The average Bonchev–Trinajstić information content (AvgIpc) is 2.76. The summed E-state index contributed by atoms with van der Waals surface area (Å²) >= 11 is 4.54. The van der Waals surface area contributed by atoms with Gasteiger partial charge in [-0.3, -0.25) is 4.79 Å². The first-order valence-corrected chi connectivity index (χ1v) is 6.31. The number of hydrogen-bond acceptors (Lipinski definition) is 6. The van der Waals surface area contributed by atoms with Crippen molar-refractivity contribution in [1.82, 2.24) is 10.2 Å². The summed E-state index contributed by atoms with van der Waals surface area (Å²) in [6.45, 7) is 1.92. The van der Waals surface area contributed by atoms with Crippen LogP contribution < -0.4 is 0 Å². The molecule has 2 heterocycles. The fourth-order valence-corrected chi connectivity index (χ4v) is 3.55. The van der Waals surface area contributed by atoms with Crippen LogP contribution in [0.5, 0.6) is 0 Å². The maximum Gasteiger partial charge on any atom is 0.179 e. The van der Waals surface area contributed by atoms with Gasteiger partial charge < -0.3 is 0 Å². The van der Waals surface area contributed by atoms with Crippen LogP contribution in [0.4, 0.5) is 0 Å². The van der Waals surface area contributed by atoms with Crippen molar-refractivity contribution in [1.29, 1.82) is 0 Å². The highest BCUT2D eigenvalue weighted by molar-refractivity contribution is 8.01. The van der Waals surface area contributed by atoms with Crippen molar-refractivity contribution < 1.29 is 4.79 Å². The van der Waals surface area contributed by atoms with Gasteiger partial charge in [0, 0.05) is 10.3 Å². The van der Waals surface area contributed by atoms with Crippen molar-refractivity contribution >= 4 is 40.7 Å². The van der Waals surface area contributed by atoms with Crippen molar-refractivity contribution in [2.24, 2.45) is 0 Å². The monoisotopic (exact) mass is 242 g/mol. The molecule has 0 spiro atoms. The lowest BCUT2D eigenvalue weighted by Crippen LogP contribution is -1.70. The summed E-state index contributed by atoms with van der Waals surface area (Å²) < 4.78 is 0.915. The Balaban J connectivity index is 2.14. The standard InChI is InChI=1S/C8H6N2OS3/c1-5-9-10-8(13-5)14-7-2-6(3-11)12-4-7/h2-4H,1H3. The van der Waals surface area contributed by atoms with Crippen LogP contribution in [0.2, 0.25) is 0 Å². The average molecular weight is 242 g/mol. The Labute approximate surface area is 93.2 Å². The molecule has 0 saturated carbocycles. The Hall–Kier alpha value is -0.720. The fourth-order valence-electron chi connectivity index (χ4n) is 0.870. The van der Waals surface area contributed by atoms with Crippen molar-refractivity contribution in [2.75, 3.05) is 0 Å². The number of hydrogen-bond donors (Lipinski definition) is 0. The number of nitrogens with zero attached hydrogens (tertiary/aromatic N) is 2. The van der Waals surface area contributed by atoms with Gasteiger partial charge in [0.15, 0.2) is 10.6 Å². The highest BCUT2D eigenvalue weighted by Crippen LogP contribution is 2.32. The van der Waals surface area contributed by atoms with Crippen LogP contribution in [0.1, 0.15) is 14.7 Å². The molecular formula is C8H6N2OS3. The Kier molecular flexibility index (Phi) is 2.95. The van der Waals surface area contributed by atoms with Gasteiger partial charge in [0.05, 0.1) is 4.88 Å². The third kappa shape index (κ3) is 2.20. The Morgan fingerprint density at radius 2 is 2.36 bits per heavy atom. The summed E-state index contributed by atoms with van der Waals surface area (Å²) in [4.78, 5) is 12.2. The number of aromatic nitrogens is 2. The largest absolute Gasteiger partial charge is 0.297 e. The van der Waals surface area contributed by atoms with Crippen LogP contribution in [0, 0.1) is 6.92 Å². The molecule has 14 heavy (non-hydrogen) atoms. The molecule has 0 atom stereocenters. The number of aryl methyl sites for hydroxylation is 1. The maximum absolute atomic E-state index is 10.5. The lowest BCUT2D eigenvalue weighted by atomic mass is 10.5. The van der Waals surface area contributed by atoms with Crippen LogP contribution in [0.25, 0.3) is 0 Å². The molecule has 2 aromatic heterocycles. The van der Waals surface area contributed by atoms with Gasteiger partial charge in [-0.25, -0.2) is 0 Å². The second-order valence-corrected chi connectivity index (χ2v) is 5.94. The molecule has 0 unspecified atom stereocenters. The molecule has 0 bridgehead atoms. The number of carbonyl (C=O) groups excluding carboxylic acids is 1. The quantitative estimate of drug-likeness (QED) is 0.776. The van der Waals surface area contributed by atoms with Gasteiger partial charge in [-0.15, -0.1) is 21.5 Å².